The lowest BCUT2D eigenvalue weighted by molar-refractivity contribution is 0.540. The molecule has 94 valence electrons. The molecule has 2 aromatic rings. The molecule has 0 unspecified atom stereocenters. The summed E-state index contributed by atoms with van der Waals surface area (Å²) in [7, 11) is 0. The molecular weight excluding hydrogens is 234 g/mol. The highest BCUT2D eigenvalue weighted by Gasteiger charge is 2.51. The molecule has 0 radical (unpaired) electrons. The molecule has 0 saturated heterocycles. The minimum Gasteiger partial charge on any atom is -0.211 e. The number of aliphatic imine (C=N–C) groups is 1. The highest BCUT2D eigenvalue weighted by molar-refractivity contribution is 5.44. The normalized spacial score (nSPS) is 15.8. The lowest BCUT2D eigenvalue weighted by Gasteiger charge is -2.23. The second-order valence-electron chi connectivity index (χ2n) is 5.06. The third-order valence-corrected chi connectivity index (χ3v) is 3.83. The van der Waals surface area contributed by atoms with E-state index >= 15 is 0 Å². The summed E-state index contributed by atoms with van der Waals surface area (Å²) in [6.45, 7) is 0. The summed E-state index contributed by atoms with van der Waals surface area (Å²) in [5, 5.41) is 0. The van der Waals surface area contributed by atoms with Crippen molar-refractivity contribution in [1.29, 1.82) is 0 Å². The SMILES string of the molecule is O=C=NC1(C(c2ccccc2)c2ccccc2)CC1. The fourth-order valence-corrected chi connectivity index (χ4v) is 2.79. The predicted molar refractivity (Wildman–Crippen MR) is 74.8 cm³/mol. The zero-order chi connectivity index (χ0) is 13.1. The molecule has 0 amide bonds. The summed E-state index contributed by atoms with van der Waals surface area (Å²) < 4.78 is 0. The highest BCUT2D eigenvalue weighted by Crippen LogP contribution is 2.53. The molecular formula is C17H15NO. The number of rotatable bonds is 4. The lowest BCUT2D eigenvalue weighted by Crippen LogP contribution is -2.19. The van der Waals surface area contributed by atoms with E-state index in [9.17, 15) is 4.79 Å². The highest BCUT2D eigenvalue weighted by atomic mass is 16.1. The maximum atomic E-state index is 10.7. The van der Waals surface area contributed by atoms with Crippen molar-refractivity contribution in [3.63, 3.8) is 0 Å². The van der Waals surface area contributed by atoms with Crippen molar-refractivity contribution in [1.82, 2.24) is 0 Å². The maximum absolute atomic E-state index is 10.7. The van der Waals surface area contributed by atoms with E-state index in [1.54, 1.807) is 6.08 Å². The summed E-state index contributed by atoms with van der Waals surface area (Å²) in [4.78, 5) is 14.9. The van der Waals surface area contributed by atoms with Crippen molar-refractivity contribution in [3.8, 4) is 0 Å². The van der Waals surface area contributed by atoms with Crippen LogP contribution in [0.15, 0.2) is 65.7 Å². The van der Waals surface area contributed by atoms with Gasteiger partial charge in [0.05, 0.1) is 5.54 Å². The molecule has 0 atom stereocenters. The van der Waals surface area contributed by atoms with Gasteiger partial charge in [-0.3, -0.25) is 0 Å². The largest absolute Gasteiger partial charge is 0.235 e. The minimum atomic E-state index is -0.273. The van der Waals surface area contributed by atoms with Gasteiger partial charge in [-0.1, -0.05) is 60.7 Å². The molecule has 2 nitrogen and oxygen atoms in total. The topological polar surface area (TPSA) is 29.4 Å². The van der Waals surface area contributed by atoms with Crippen LogP contribution in [0.25, 0.3) is 0 Å². The van der Waals surface area contributed by atoms with Crippen LogP contribution in [0.2, 0.25) is 0 Å². The number of nitrogens with zero attached hydrogens (tertiary/aromatic N) is 1. The average molecular weight is 249 g/mol. The van der Waals surface area contributed by atoms with Crippen LogP contribution in [-0.2, 0) is 4.79 Å². The first kappa shape index (κ1) is 11.9. The van der Waals surface area contributed by atoms with Crippen molar-refractivity contribution >= 4 is 6.08 Å². The number of hydrogen-bond acceptors (Lipinski definition) is 2. The first-order valence-corrected chi connectivity index (χ1v) is 6.55. The third kappa shape index (κ3) is 2.23. The quantitative estimate of drug-likeness (QED) is 0.600. The Kier molecular flexibility index (Phi) is 3.02. The van der Waals surface area contributed by atoms with Gasteiger partial charge in [0.15, 0.2) is 0 Å². The van der Waals surface area contributed by atoms with Gasteiger partial charge in [-0.15, -0.1) is 0 Å². The Morgan fingerprint density at radius 1 is 0.895 bits per heavy atom. The standard InChI is InChI=1S/C17H15NO/c19-13-18-17(11-12-17)16(14-7-3-1-4-8-14)15-9-5-2-6-10-15/h1-10,16H,11-12H2. The molecule has 3 rings (SSSR count). The van der Waals surface area contributed by atoms with Gasteiger partial charge in [0.25, 0.3) is 0 Å². The summed E-state index contributed by atoms with van der Waals surface area (Å²) >= 11 is 0. The Morgan fingerprint density at radius 3 is 1.74 bits per heavy atom. The van der Waals surface area contributed by atoms with Gasteiger partial charge in [0.1, 0.15) is 0 Å². The average Bonchev–Trinajstić information content (AvgIpc) is 3.22. The molecule has 0 aromatic heterocycles. The summed E-state index contributed by atoms with van der Waals surface area (Å²) in [5.74, 6) is 0.149. The van der Waals surface area contributed by atoms with Gasteiger partial charge in [0.2, 0.25) is 6.08 Å². The molecule has 1 fully saturated rings. The summed E-state index contributed by atoms with van der Waals surface area (Å²) in [6.07, 6.45) is 3.68. The zero-order valence-electron chi connectivity index (χ0n) is 10.6. The van der Waals surface area contributed by atoms with Crippen molar-refractivity contribution in [2.24, 2.45) is 4.99 Å². The van der Waals surface area contributed by atoms with Gasteiger partial charge in [-0.05, 0) is 24.0 Å². The van der Waals surface area contributed by atoms with Gasteiger partial charge in [0, 0.05) is 5.92 Å². The van der Waals surface area contributed by atoms with E-state index in [1.807, 2.05) is 36.4 Å². The fraction of sp³-hybridized carbons (Fsp3) is 0.235. The van der Waals surface area contributed by atoms with Crippen LogP contribution in [0.1, 0.15) is 29.9 Å². The Balaban J connectivity index is 2.10. The molecule has 19 heavy (non-hydrogen) atoms. The molecule has 1 saturated carbocycles. The molecule has 0 spiro atoms. The van der Waals surface area contributed by atoms with E-state index in [0.717, 1.165) is 12.8 Å². The van der Waals surface area contributed by atoms with Crippen LogP contribution in [0, 0.1) is 0 Å². The van der Waals surface area contributed by atoms with E-state index in [0.29, 0.717) is 0 Å². The first-order chi connectivity index (χ1) is 9.36. The molecule has 0 heterocycles. The third-order valence-electron chi connectivity index (χ3n) is 3.83. The monoisotopic (exact) mass is 249 g/mol. The van der Waals surface area contributed by atoms with Crippen LogP contribution in [0.3, 0.4) is 0 Å². The van der Waals surface area contributed by atoms with Crippen molar-refractivity contribution in [2.75, 3.05) is 0 Å². The van der Waals surface area contributed by atoms with Crippen LogP contribution >= 0.6 is 0 Å². The van der Waals surface area contributed by atoms with Crippen molar-refractivity contribution in [3.05, 3.63) is 71.8 Å². The summed E-state index contributed by atoms with van der Waals surface area (Å²) in [5.41, 5.74) is 2.15. The molecule has 1 aliphatic carbocycles. The Labute approximate surface area is 112 Å². The van der Waals surface area contributed by atoms with Crippen LogP contribution in [0.5, 0.6) is 0 Å². The minimum absolute atomic E-state index is 0.149. The number of benzene rings is 2. The molecule has 0 bridgehead atoms. The van der Waals surface area contributed by atoms with Crippen molar-refractivity contribution in [2.45, 2.75) is 24.3 Å². The first-order valence-electron chi connectivity index (χ1n) is 6.55. The van der Waals surface area contributed by atoms with Crippen molar-refractivity contribution < 1.29 is 4.79 Å². The van der Waals surface area contributed by atoms with Gasteiger partial charge in [-0.2, -0.15) is 4.99 Å². The van der Waals surface area contributed by atoms with Gasteiger partial charge >= 0.3 is 0 Å². The molecule has 2 aromatic carbocycles. The molecule has 0 aliphatic heterocycles. The van der Waals surface area contributed by atoms with Gasteiger partial charge in [-0.25, -0.2) is 4.79 Å². The maximum Gasteiger partial charge on any atom is 0.235 e. The Bertz CT molecular complexity index is 556. The van der Waals surface area contributed by atoms with Gasteiger partial charge < -0.3 is 0 Å². The zero-order valence-corrected chi connectivity index (χ0v) is 10.6. The van der Waals surface area contributed by atoms with Crippen LogP contribution in [-0.4, -0.2) is 11.6 Å². The van der Waals surface area contributed by atoms with E-state index in [4.69, 9.17) is 0 Å². The van der Waals surface area contributed by atoms with E-state index < -0.39 is 0 Å². The number of hydrogen-bond donors (Lipinski definition) is 0. The Morgan fingerprint density at radius 2 is 1.37 bits per heavy atom. The number of carbonyl (C=O) groups excluding carboxylic acids is 1. The number of isocyanates is 1. The van der Waals surface area contributed by atoms with Crippen LogP contribution < -0.4 is 0 Å². The molecule has 0 N–H and O–H groups in total. The molecule has 2 heteroatoms. The fourth-order valence-electron chi connectivity index (χ4n) is 2.79. The van der Waals surface area contributed by atoms with E-state index in [-0.39, 0.29) is 11.5 Å². The summed E-state index contributed by atoms with van der Waals surface area (Å²) in [6, 6.07) is 20.6. The second-order valence-corrected chi connectivity index (χ2v) is 5.06. The van der Waals surface area contributed by atoms with E-state index in [1.165, 1.54) is 11.1 Å². The smallest absolute Gasteiger partial charge is 0.211 e. The Hall–Kier alpha value is -2.18. The van der Waals surface area contributed by atoms with Crippen LogP contribution in [0.4, 0.5) is 0 Å². The lowest BCUT2D eigenvalue weighted by atomic mass is 9.83. The molecule has 1 aliphatic rings. The predicted octanol–water partition coefficient (Wildman–Crippen LogP) is 3.69. The van der Waals surface area contributed by atoms with E-state index in [2.05, 4.69) is 29.3 Å². The second kappa shape index (κ2) is 4.83.